The third kappa shape index (κ3) is 3.23. The van der Waals surface area contributed by atoms with Gasteiger partial charge in [0.05, 0.1) is 16.3 Å². The first-order valence-electron chi connectivity index (χ1n) is 6.18. The topological polar surface area (TPSA) is 81.4 Å². The average molecular weight is 343 g/mol. The maximum atomic E-state index is 12.5. The molecule has 0 aliphatic carbocycles. The van der Waals surface area contributed by atoms with Crippen LogP contribution in [-0.2, 0) is 11.8 Å². The first kappa shape index (κ1) is 16.3. The average Bonchev–Trinajstić information content (AvgIpc) is 2.78. The van der Waals surface area contributed by atoms with E-state index in [0.29, 0.717) is 11.3 Å². The van der Waals surface area contributed by atoms with Crippen molar-refractivity contribution < 1.29 is 19.4 Å². The van der Waals surface area contributed by atoms with Crippen molar-refractivity contribution in [2.75, 3.05) is 6.61 Å². The van der Waals surface area contributed by atoms with Crippen molar-refractivity contribution in [3.63, 3.8) is 0 Å². The summed E-state index contributed by atoms with van der Waals surface area (Å²) in [6, 6.07) is 2.86. The van der Waals surface area contributed by atoms with Crippen LogP contribution in [0.5, 0.6) is 5.75 Å². The Morgan fingerprint density at radius 2 is 1.95 bits per heavy atom. The van der Waals surface area contributed by atoms with E-state index in [9.17, 15) is 9.59 Å². The van der Waals surface area contributed by atoms with E-state index in [0.717, 1.165) is 0 Å². The number of carboxylic acid groups (broad SMARTS) is 1. The van der Waals surface area contributed by atoms with Crippen LogP contribution in [0.1, 0.15) is 21.6 Å². The molecule has 0 saturated heterocycles. The van der Waals surface area contributed by atoms with Crippen LogP contribution < -0.4 is 4.74 Å². The number of nitrogens with zero attached hydrogens (tertiary/aromatic N) is 2. The minimum Gasteiger partial charge on any atom is -0.480 e. The molecule has 0 saturated carbocycles. The van der Waals surface area contributed by atoms with Gasteiger partial charge in [-0.05, 0) is 19.1 Å². The zero-order valence-electron chi connectivity index (χ0n) is 11.8. The summed E-state index contributed by atoms with van der Waals surface area (Å²) in [6.07, 6.45) is 1.59. The van der Waals surface area contributed by atoms with Crippen molar-refractivity contribution in [2.45, 2.75) is 6.92 Å². The van der Waals surface area contributed by atoms with Crippen molar-refractivity contribution in [2.24, 2.45) is 7.05 Å². The summed E-state index contributed by atoms with van der Waals surface area (Å²) in [5.74, 6) is -1.35. The first-order valence-corrected chi connectivity index (χ1v) is 6.94. The molecular weight excluding hydrogens is 331 g/mol. The number of carbonyl (C=O) groups is 2. The van der Waals surface area contributed by atoms with Crippen molar-refractivity contribution in [3.05, 3.63) is 45.2 Å². The lowest BCUT2D eigenvalue weighted by atomic mass is 10.0. The Bertz CT molecular complexity index is 756. The van der Waals surface area contributed by atoms with Crippen molar-refractivity contribution in [1.29, 1.82) is 0 Å². The van der Waals surface area contributed by atoms with Gasteiger partial charge in [-0.15, -0.1) is 0 Å². The van der Waals surface area contributed by atoms with Crippen LogP contribution in [-0.4, -0.2) is 33.2 Å². The molecule has 0 bridgehead atoms. The van der Waals surface area contributed by atoms with Crippen LogP contribution in [0.3, 0.4) is 0 Å². The smallest absolute Gasteiger partial charge is 0.341 e. The summed E-state index contributed by atoms with van der Waals surface area (Å²) in [4.78, 5) is 23.0. The molecule has 0 atom stereocenters. The molecule has 0 aliphatic rings. The molecule has 0 fully saturated rings. The zero-order valence-corrected chi connectivity index (χ0v) is 13.3. The number of aromatic nitrogens is 2. The molecule has 8 heteroatoms. The van der Waals surface area contributed by atoms with E-state index in [4.69, 9.17) is 33.0 Å². The number of ketones is 1. The number of hydrogen-bond acceptors (Lipinski definition) is 4. The van der Waals surface area contributed by atoms with E-state index in [1.807, 2.05) is 0 Å². The molecule has 2 rings (SSSR count). The second-order valence-electron chi connectivity index (χ2n) is 4.55. The fourth-order valence-corrected chi connectivity index (χ4v) is 2.39. The van der Waals surface area contributed by atoms with E-state index in [2.05, 4.69) is 5.10 Å². The SMILES string of the molecule is Cc1nn(C)cc1C(=O)c1ccc(OCC(=O)O)c(Cl)c1Cl. The van der Waals surface area contributed by atoms with Gasteiger partial charge in [0, 0.05) is 18.8 Å². The zero-order chi connectivity index (χ0) is 16.4. The van der Waals surface area contributed by atoms with Gasteiger partial charge in [-0.2, -0.15) is 5.10 Å². The summed E-state index contributed by atoms with van der Waals surface area (Å²) in [7, 11) is 1.71. The largest absolute Gasteiger partial charge is 0.480 e. The van der Waals surface area contributed by atoms with Gasteiger partial charge < -0.3 is 9.84 Å². The molecule has 6 nitrogen and oxygen atoms in total. The predicted molar refractivity (Wildman–Crippen MR) is 81.0 cm³/mol. The lowest BCUT2D eigenvalue weighted by molar-refractivity contribution is -0.139. The summed E-state index contributed by atoms with van der Waals surface area (Å²) in [6.45, 7) is 1.16. The second kappa shape index (κ2) is 6.37. The summed E-state index contributed by atoms with van der Waals surface area (Å²) >= 11 is 12.1. The number of rotatable bonds is 5. The Balaban J connectivity index is 2.37. The van der Waals surface area contributed by atoms with Gasteiger partial charge in [0.2, 0.25) is 0 Å². The number of carbonyl (C=O) groups excluding carboxylic acids is 1. The van der Waals surface area contributed by atoms with Crippen LogP contribution in [0.15, 0.2) is 18.3 Å². The maximum absolute atomic E-state index is 12.5. The minimum atomic E-state index is -1.14. The van der Waals surface area contributed by atoms with Gasteiger partial charge in [0.1, 0.15) is 10.8 Å². The van der Waals surface area contributed by atoms with Crippen LogP contribution in [0.2, 0.25) is 10.0 Å². The third-order valence-corrected chi connectivity index (χ3v) is 3.77. The van der Waals surface area contributed by atoms with Crippen LogP contribution in [0.25, 0.3) is 0 Å². The monoisotopic (exact) mass is 342 g/mol. The molecule has 1 N–H and O–H groups in total. The molecule has 1 heterocycles. The molecular formula is C14H12Cl2N2O4. The van der Waals surface area contributed by atoms with Gasteiger partial charge >= 0.3 is 5.97 Å². The second-order valence-corrected chi connectivity index (χ2v) is 5.31. The number of hydrogen-bond donors (Lipinski definition) is 1. The standard InChI is InChI=1S/C14H12Cl2N2O4/c1-7-9(5-18(2)17-7)14(21)8-3-4-10(13(16)12(8)15)22-6-11(19)20/h3-5H,6H2,1-2H3,(H,19,20). The highest BCUT2D eigenvalue weighted by molar-refractivity contribution is 6.45. The molecule has 1 aromatic heterocycles. The van der Waals surface area contributed by atoms with E-state index >= 15 is 0 Å². The van der Waals surface area contributed by atoms with Crippen LogP contribution in [0, 0.1) is 6.92 Å². The molecule has 0 spiro atoms. The van der Waals surface area contributed by atoms with E-state index in [1.54, 1.807) is 20.2 Å². The first-order chi connectivity index (χ1) is 10.3. The fourth-order valence-electron chi connectivity index (χ4n) is 1.93. The van der Waals surface area contributed by atoms with Gasteiger partial charge in [0.25, 0.3) is 0 Å². The lowest BCUT2D eigenvalue weighted by Gasteiger charge is -2.10. The molecule has 0 aliphatic heterocycles. The number of aryl methyl sites for hydroxylation is 2. The molecule has 116 valence electrons. The van der Waals surface area contributed by atoms with E-state index in [-0.39, 0.29) is 27.1 Å². The number of carboxylic acids is 1. The third-order valence-electron chi connectivity index (χ3n) is 2.90. The van der Waals surface area contributed by atoms with Gasteiger partial charge in [-0.25, -0.2) is 4.79 Å². The van der Waals surface area contributed by atoms with Crippen LogP contribution in [0.4, 0.5) is 0 Å². The number of benzene rings is 1. The number of aliphatic carboxylic acids is 1. The predicted octanol–water partition coefficient (Wildman–Crippen LogP) is 2.73. The van der Waals surface area contributed by atoms with Gasteiger partial charge in [0.15, 0.2) is 12.4 Å². The van der Waals surface area contributed by atoms with Crippen molar-refractivity contribution in [1.82, 2.24) is 9.78 Å². The van der Waals surface area contributed by atoms with Crippen molar-refractivity contribution >= 4 is 35.0 Å². The quantitative estimate of drug-likeness (QED) is 0.845. The van der Waals surface area contributed by atoms with Gasteiger partial charge in [-0.3, -0.25) is 9.48 Å². The molecule has 1 aromatic carbocycles. The van der Waals surface area contributed by atoms with E-state index in [1.165, 1.54) is 16.8 Å². The molecule has 2 aromatic rings. The highest BCUT2D eigenvalue weighted by Gasteiger charge is 2.21. The Morgan fingerprint density at radius 3 is 2.50 bits per heavy atom. The minimum absolute atomic E-state index is 0.00434. The lowest BCUT2D eigenvalue weighted by Crippen LogP contribution is -2.10. The fraction of sp³-hybridized carbons (Fsp3) is 0.214. The maximum Gasteiger partial charge on any atom is 0.341 e. The Labute approximate surface area is 136 Å². The van der Waals surface area contributed by atoms with Crippen LogP contribution >= 0.6 is 23.2 Å². The Hall–Kier alpha value is -2.05. The number of ether oxygens (including phenoxy) is 1. The Kier molecular flexibility index (Phi) is 4.73. The molecule has 0 unspecified atom stereocenters. The van der Waals surface area contributed by atoms with E-state index < -0.39 is 12.6 Å². The molecule has 0 amide bonds. The highest BCUT2D eigenvalue weighted by atomic mass is 35.5. The summed E-state index contributed by atoms with van der Waals surface area (Å²) < 4.78 is 6.53. The molecule has 0 radical (unpaired) electrons. The van der Waals surface area contributed by atoms with Crippen molar-refractivity contribution in [3.8, 4) is 5.75 Å². The summed E-state index contributed by atoms with van der Waals surface area (Å²) in [5, 5.41) is 12.7. The summed E-state index contributed by atoms with van der Waals surface area (Å²) in [5.41, 5.74) is 1.19. The highest BCUT2D eigenvalue weighted by Crippen LogP contribution is 2.35. The van der Waals surface area contributed by atoms with Gasteiger partial charge in [-0.1, -0.05) is 23.2 Å². The molecule has 22 heavy (non-hydrogen) atoms. The Morgan fingerprint density at radius 1 is 1.27 bits per heavy atom. The normalized spacial score (nSPS) is 10.5. The number of halogens is 2.